The van der Waals surface area contributed by atoms with Gasteiger partial charge >= 0.3 is 0 Å². The van der Waals surface area contributed by atoms with Crippen LogP contribution >= 0.6 is 0 Å². The van der Waals surface area contributed by atoms with E-state index in [1.54, 1.807) is 0 Å². The predicted molar refractivity (Wildman–Crippen MR) is 254 cm³/mol. The summed E-state index contributed by atoms with van der Waals surface area (Å²) in [5.74, 6) is 0. The van der Waals surface area contributed by atoms with E-state index in [4.69, 9.17) is 18.9 Å². The average Bonchev–Trinajstić information content (AvgIpc) is 3.22. The zero-order chi connectivity index (χ0) is 48.0. The summed E-state index contributed by atoms with van der Waals surface area (Å²) in [5.41, 5.74) is 5.60. The molecule has 2 rings (SSSR count). The smallest absolute Gasteiger partial charge is 0.187 e. The van der Waals surface area contributed by atoms with Gasteiger partial charge < -0.3 is 59.8 Å². The normalized spacial score (nSPS) is 29.2. The second-order valence-electron chi connectivity index (χ2n) is 18.3. The van der Waals surface area contributed by atoms with Crippen molar-refractivity contribution in [3.63, 3.8) is 0 Å². The highest BCUT2D eigenvalue weighted by atomic mass is 16.7. The second kappa shape index (κ2) is 28.6. The van der Waals surface area contributed by atoms with E-state index in [0.29, 0.717) is 12.8 Å². The lowest BCUT2D eigenvalue weighted by molar-refractivity contribution is -0.323. The molecule has 64 heavy (non-hydrogen) atoms. The van der Waals surface area contributed by atoms with E-state index >= 15 is 0 Å². The number of aliphatic hydroxyl groups is 8. The SMILES string of the molecule is CC(C=CC=C(C)C=CC=C(C)CCCC(C)(C)OC1OC(CO)C(O)C(O)C1O)=CC=CC=C(C)C=CC=C(C)C=CC=C(C)CCCC(C)(C)OC1OC(CO)C(O)C(O)C1O. The summed E-state index contributed by atoms with van der Waals surface area (Å²) in [4.78, 5) is 0. The van der Waals surface area contributed by atoms with Crippen LogP contribution in [0.25, 0.3) is 0 Å². The average molecular weight is 897 g/mol. The highest BCUT2D eigenvalue weighted by Crippen LogP contribution is 2.30. The molecule has 0 saturated carbocycles. The Morgan fingerprint density at radius 2 is 0.734 bits per heavy atom. The molecule has 0 aromatic rings. The van der Waals surface area contributed by atoms with Gasteiger partial charge in [-0.05, 0) is 108 Å². The first-order chi connectivity index (χ1) is 30.1. The van der Waals surface area contributed by atoms with Crippen molar-refractivity contribution >= 4 is 0 Å². The molecule has 2 saturated heterocycles. The van der Waals surface area contributed by atoms with Crippen LogP contribution in [0.3, 0.4) is 0 Å². The Kier molecular flexibility index (Phi) is 25.4. The first kappa shape index (κ1) is 56.8. The van der Waals surface area contributed by atoms with Crippen LogP contribution < -0.4 is 0 Å². The Bertz CT molecular complexity index is 1630. The molecule has 0 spiro atoms. The summed E-state index contributed by atoms with van der Waals surface area (Å²) < 4.78 is 22.9. The molecule has 10 atom stereocenters. The molecular formula is C52H80O12. The van der Waals surface area contributed by atoms with Crippen molar-refractivity contribution < 1.29 is 59.8 Å². The Labute approximate surface area is 383 Å². The zero-order valence-electron chi connectivity index (χ0n) is 39.9. The summed E-state index contributed by atoms with van der Waals surface area (Å²) >= 11 is 0. The van der Waals surface area contributed by atoms with Crippen molar-refractivity contribution in [1.29, 1.82) is 0 Å². The van der Waals surface area contributed by atoms with Gasteiger partial charge in [0.25, 0.3) is 0 Å². The maximum atomic E-state index is 10.3. The van der Waals surface area contributed by atoms with Crippen molar-refractivity contribution in [2.24, 2.45) is 0 Å². The lowest BCUT2D eigenvalue weighted by atomic mass is 9.96. The summed E-state index contributed by atoms with van der Waals surface area (Å²) in [6, 6.07) is 0. The van der Waals surface area contributed by atoms with E-state index in [1.165, 1.54) is 11.1 Å². The molecule has 2 fully saturated rings. The number of hydrogen-bond acceptors (Lipinski definition) is 12. The van der Waals surface area contributed by atoms with E-state index in [1.807, 2.05) is 64.2 Å². The second-order valence-corrected chi connectivity index (χ2v) is 18.3. The fourth-order valence-electron chi connectivity index (χ4n) is 6.90. The van der Waals surface area contributed by atoms with Crippen LogP contribution in [0.2, 0.25) is 0 Å². The van der Waals surface area contributed by atoms with Gasteiger partial charge in [-0.2, -0.15) is 0 Å². The van der Waals surface area contributed by atoms with Crippen molar-refractivity contribution in [3.8, 4) is 0 Å². The minimum absolute atomic E-state index is 0.492. The van der Waals surface area contributed by atoms with E-state index in [-0.39, 0.29) is 0 Å². The maximum absolute atomic E-state index is 10.3. The maximum Gasteiger partial charge on any atom is 0.187 e. The molecule has 2 aliphatic rings. The van der Waals surface area contributed by atoms with Crippen LogP contribution in [-0.2, 0) is 18.9 Å². The number of allylic oxidation sites excluding steroid dienone is 22. The Morgan fingerprint density at radius 3 is 1.05 bits per heavy atom. The summed E-state index contributed by atoms with van der Waals surface area (Å²) in [6.07, 6.45) is 24.8. The monoisotopic (exact) mass is 897 g/mol. The van der Waals surface area contributed by atoms with Crippen molar-refractivity contribution in [1.82, 2.24) is 0 Å². The summed E-state index contributed by atoms with van der Waals surface area (Å²) in [6.45, 7) is 18.9. The van der Waals surface area contributed by atoms with E-state index < -0.39 is 85.8 Å². The molecule has 2 heterocycles. The van der Waals surface area contributed by atoms with Crippen LogP contribution in [-0.4, -0.2) is 127 Å². The first-order valence-corrected chi connectivity index (χ1v) is 22.5. The molecule has 360 valence electrons. The molecule has 12 heteroatoms. The Balaban J connectivity index is 1.73. The summed E-state index contributed by atoms with van der Waals surface area (Å²) in [7, 11) is 0. The fraction of sp³-hybridized carbons (Fsp3) is 0.577. The van der Waals surface area contributed by atoms with Gasteiger partial charge in [-0.25, -0.2) is 0 Å². The van der Waals surface area contributed by atoms with Crippen LogP contribution in [0.1, 0.15) is 108 Å². The molecule has 0 bridgehead atoms. The highest BCUT2D eigenvalue weighted by Gasteiger charge is 2.47. The molecule has 12 nitrogen and oxygen atoms in total. The third-order valence-corrected chi connectivity index (χ3v) is 11.0. The molecule has 10 unspecified atom stereocenters. The van der Waals surface area contributed by atoms with Crippen LogP contribution in [0.4, 0.5) is 0 Å². The van der Waals surface area contributed by atoms with Gasteiger partial charge in [0.15, 0.2) is 12.6 Å². The highest BCUT2D eigenvalue weighted by molar-refractivity contribution is 5.32. The Morgan fingerprint density at radius 1 is 0.438 bits per heavy atom. The van der Waals surface area contributed by atoms with Crippen molar-refractivity contribution in [3.05, 3.63) is 131 Å². The largest absolute Gasteiger partial charge is 0.394 e. The van der Waals surface area contributed by atoms with Gasteiger partial charge in [0.2, 0.25) is 0 Å². The standard InChI is InChI=1S/C52H80O12/c1-35(21-13-23-37(3)25-15-27-39(5)29-17-31-51(7,8)63-49-47(59)45(57)43(55)41(33-53)61-49)19-11-12-20-36(2)22-14-24-38(4)26-16-28-40(6)30-18-32-52(9,10)64-50-48(60)46(58)44(56)42(34-54)62-50/h11-16,19-28,41-50,53-60H,17-18,29-34H2,1-10H3. The van der Waals surface area contributed by atoms with E-state index in [2.05, 4.69) is 102 Å². The van der Waals surface area contributed by atoms with Gasteiger partial charge in [-0.3, -0.25) is 0 Å². The Hall–Kier alpha value is -3.34. The quantitative estimate of drug-likeness (QED) is 0.0464. The number of ether oxygens (including phenoxy) is 4. The molecule has 0 amide bonds. The van der Waals surface area contributed by atoms with Gasteiger partial charge in [-0.15, -0.1) is 0 Å². The molecule has 0 aliphatic carbocycles. The predicted octanol–water partition coefficient (Wildman–Crippen LogP) is 6.98. The van der Waals surface area contributed by atoms with E-state index in [9.17, 15) is 40.9 Å². The molecule has 0 aromatic heterocycles. The lowest BCUT2D eigenvalue weighted by Crippen LogP contribution is -2.60. The van der Waals surface area contributed by atoms with Gasteiger partial charge in [0.05, 0.1) is 24.4 Å². The third kappa shape index (κ3) is 21.3. The number of hydrogen-bond donors (Lipinski definition) is 8. The number of rotatable bonds is 24. The van der Waals surface area contributed by atoms with Gasteiger partial charge in [0.1, 0.15) is 48.8 Å². The number of aliphatic hydroxyl groups excluding tert-OH is 8. The molecular weight excluding hydrogens is 817 g/mol. The van der Waals surface area contributed by atoms with E-state index in [0.717, 1.165) is 48.0 Å². The molecule has 2 aliphatic heterocycles. The topological polar surface area (TPSA) is 199 Å². The van der Waals surface area contributed by atoms with Crippen molar-refractivity contribution in [2.45, 2.75) is 180 Å². The van der Waals surface area contributed by atoms with Gasteiger partial charge in [-0.1, -0.05) is 131 Å². The minimum atomic E-state index is -1.46. The molecule has 0 aromatic carbocycles. The van der Waals surface area contributed by atoms with Crippen LogP contribution in [0.15, 0.2) is 131 Å². The third-order valence-electron chi connectivity index (χ3n) is 11.0. The minimum Gasteiger partial charge on any atom is -0.394 e. The lowest BCUT2D eigenvalue weighted by Gasteiger charge is -2.42. The molecule has 8 N–H and O–H groups in total. The van der Waals surface area contributed by atoms with Crippen LogP contribution in [0.5, 0.6) is 0 Å². The zero-order valence-corrected chi connectivity index (χ0v) is 39.9. The van der Waals surface area contributed by atoms with Crippen LogP contribution in [0, 0.1) is 0 Å². The summed E-state index contributed by atoms with van der Waals surface area (Å²) in [5, 5.41) is 79.6. The first-order valence-electron chi connectivity index (χ1n) is 22.5. The van der Waals surface area contributed by atoms with Crippen molar-refractivity contribution in [2.75, 3.05) is 13.2 Å². The fourth-order valence-corrected chi connectivity index (χ4v) is 6.90. The molecule has 0 radical (unpaired) electrons. The van der Waals surface area contributed by atoms with Gasteiger partial charge in [0, 0.05) is 0 Å².